The van der Waals surface area contributed by atoms with Crippen molar-refractivity contribution in [1.82, 2.24) is 15.3 Å². The molecule has 1 amide bonds. The monoisotopic (exact) mass is 267 g/mol. The summed E-state index contributed by atoms with van der Waals surface area (Å²) >= 11 is 0. The summed E-state index contributed by atoms with van der Waals surface area (Å²) in [7, 11) is 1.30. The maximum Gasteiger partial charge on any atom is 0.372 e. The van der Waals surface area contributed by atoms with E-state index in [2.05, 4.69) is 20.6 Å². The fraction of sp³-hybridized carbons (Fsp3) is 0.500. The third-order valence-corrected chi connectivity index (χ3v) is 2.77. The van der Waals surface area contributed by atoms with Crippen molar-refractivity contribution in [3.05, 3.63) is 16.4 Å². The van der Waals surface area contributed by atoms with Gasteiger partial charge < -0.3 is 15.4 Å². The van der Waals surface area contributed by atoms with Crippen LogP contribution in [0, 0.1) is 10.1 Å². The standard InChI is InChI=1S/C10H13N5O4/c1-19-10-8(15(17)18)9(12-5-13-10)11-4-6-2-3-7(16)14-6/h5-6H,2-4H2,1H3,(H,14,16)(H,11,12,13). The quantitative estimate of drug-likeness (QED) is 0.572. The first kappa shape index (κ1) is 13.0. The Bertz CT molecular complexity index is 507. The number of hydrogen-bond donors (Lipinski definition) is 2. The number of carbonyl (C=O) groups is 1. The van der Waals surface area contributed by atoms with Crippen LogP contribution >= 0.6 is 0 Å². The van der Waals surface area contributed by atoms with Crippen LogP contribution < -0.4 is 15.4 Å². The van der Waals surface area contributed by atoms with Gasteiger partial charge in [0.05, 0.1) is 12.0 Å². The average Bonchev–Trinajstić information content (AvgIpc) is 2.81. The number of nitrogens with zero attached hydrogens (tertiary/aromatic N) is 3. The van der Waals surface area contributed by atoms with E-state index >= 15 is 0 Å². The Morgan fingerprint density at radius 3 is 3.00 bits per heavy atom. The number of ether oxygens (including phenoxy) is 1. The van der Waals surface area contributed by atoms with Gasteiger partial charge in [0.1, 0.15) is 6.33 Å². The minimum Gasteiger partial charge on any atom is -0.476 e. The van der Waals surface area contributed by atoms with Crippen molar-refractivity contribution >= 4 is 17.4 Å². The highest BCUT2D eigenvalue weighted by Gasteiger charge is 2.26. The lowest BCUT2D eigenvalue weighted by Gasteiger charge is -2.12. The van der Waals surface area contributed by atoms with E-state index in [9.17, 15) is 14.9 Å². The molecule has 2 N–H and O–H groups in total. The van der Waals surface area contributed by atoms with Crippen LogP contribution in [0.2, 0.25) is 0 Å². The number of hydrogen-bond acceptors (Lipinski definition) is 7. The molecule has 0 radical (unpaired) electrons. The highest BCUT2D eigenvalue weighted by atomic mass is 16.6. The lowest BCUT2D eigenvalue weighted by atomic mass is 10.2. The molecule has 1 aromatic rings. The second-order valence-electron chi connectivity index (χ2n) is 4.02. The van der Waals surface area contributed by atoms with E-state index in [0.717, 1.165) is 0 Å². The average molecular weight is 267 g/mol. The number of nitro groups is 1. The minimum atomic E-state index is -0.603. The van der Waals surface area contributed by atoms with Crippen LogP contribution in [0.25, 0.3) is 0 Å². The zero-order chi connectivity index (χ0) is 13.8. The van der Waals surface area contributed by atoms with Gasteiger partial charge in [0, 0.05) is 19.0 Å². The van der Waals surface area contributed by atoms with E-state index < -0.39 is 4.92 Å². The lowest BCUT2D eigenvalue weighted by Crippen LogP contribution is -2.32. The molecule has 0 saturated carbocycles. The van der Waals surface area contributed by atoms with Gasteiger partial charge in [-0.1, -0.05) is 0 Å². The van der Waals surface area contributed by atoms with Crippen LogP contribution in [0.3, 0.4) is 0 Å². The van der Waals surface area contributed by atoms with E-state index in [4.69, 9.17) is 4.74 Å². The molecule has 1 fully saturated rings. The fourth-order valence-corrected chi connectivity index (χ4v) is 1.86. The first-order valence-electron chi connectivity index (χ1n) is 5.68. The molecule has 9 heteroatoms. The molecule has 0 bridgehead atoms. The van der Waals surface area contributed by atoms with Gasteiger partial charge in [-0.15, -0.1) is 0 Å². The molecular formula is C10H13N5O4. The van der Waals surface area contributed by atoms with Crippen LogP contribution in [-0.4, -0.2) is 40.5 Å². The zero-order valence-electron chi connectivity index (χ0n) is 10.3. The molecule has 19 heavy (non-hydrogen) atoms. The number of rotatable bonds is 5. The lowest BCUT2D eigenvalue weighted by molar-refractivity contribution is -0.385. The van der Waals surface area contributed by atoms with Crippen molar-refractivity contribution in [2.45, 2.75) is 18.9 Å². The molecule has 1 saturated heterocycles. The second kappa shape index (κ2) is 5.46. The summed E-state index contributed by atoms with van der Waals surface area (Å²) in [6.45, 7) is 0.368. The fourth-order valence-electron chi connectivity index (χ4n) is 1.86. The van der Waals surface area contributed by atoms with Gasteiger partial charge in [-0.05, 0) is 6.42 Å². The smallest absolute Gasteiger partial charge is 0.372 e. The van der Waals surface area contributed by atoms with Crippen LogP contribution in [0.1, 0.15) is 12.8 Å². The molecule has 1 atom stereocenters. The maximum absolute atomic E-state index is 11.0. The van der Waals surface area contributed by atoms with E-state index in [0.29, 0.717) is 19.4 Å². The number of anilines is 1. The summed E-state index contributed by atoms with van der Waals surface area (Å²) in [6, 6.07) is -0.0481. The highest BCUT2D eigenvalue weighted by molar-refractivity contribution is 5.78. The molecule has 0 aromatic carbocycles. The van der Waals surface area contributed by atoms with Gasteiger partial charge in [-0.2, -0.15) is 4.98 Å². The van der Waals surface area contributed by atoms with E-state index in [1.165, 1.54) is 13.4 Å². The number of methoxy groups -OCH3 is 1. The van der Waals surface area contributed by atoms with Crippen LogP contribution in [-0.2, 0) is 4.79 Å². The molecule has 0 aliphatic carbocycles. The molecule has 2 rings (SSSR count). The SMILES string of the molecule is COc1ncnc(NCC2CCC(=O)N2)c1[N+](=O)[O-]. The Morgan fingerprint density at radius 2 is 2.42 bits per heavy atom. The molecule has 1 aliphatic heterocycles. The normalized spacial score (nSPS) is 17.9. The molecule has 1 unspecified atom stereocenters. The summed E-state index contributed by atoms with van der Waals surface area (Å²) in [4.78, 5) is 28.9. The number of carbonyl (C=O) groups excluding carboxylic acids is 1. The Kier molecular flexibility index (Phi) is 3.74. The van der Waals surface area contributed by atoms with Crippen LogP contribution in [0.15, 0.2) is 6.33 Å². The molecule has 0 spiro atoms. The second-order valence-corrected chi connectivity index (χ2v) is 4.02. The minimum absolute atomic E-state index is 0.0124. The number of nitrogens with one attached hydrogen (secondary N) is 2. The van der Waals surface area contributed by atoms with Gasteiger partial charge in [0.15, 0.2) is 0 Å². The Labute approximate surface area is 108 Å². The van der Waals surface area contributed by atoms with Crippen molar-refractivity contribution in [2.24, 2.45) is 0 Å². The predicted molar refractivity (Wildman–Crippen MR) is 64.9 cm³/mol. The molecule has 2 heterocycles. The van der Waals surface area contributed by atoms with Crippen molar-refractivity contribution in [3.63, 3.8) is 0 Å². The number of aromatic nitrogens is 2. The van der Waals surface area contributed by atoms with E-state index in [-0.39, 0.29) is 29.3 Å². The summed E-state index contributed by atoms with van der Waals surface area (Å²) < 4.78 is 4.83. The first-order valence-corrected chi connectivity index (χ1v) is 5.68. The van der Waals surface area contributed by atoms with Crippen molar-refractivity contribution in [2.75, 3.05) is 19.0 Å². The molecule has 102 valence electrons. The first-order chi connectivity index (χ1) is 9.11. The van der Waals surface area contributed by atoms with Gasteiger partial charge in [-0.25, -0.2) is 4.98 Å². The van der Waals surface area contributed by atoms with E-state index in [1.807, 2.05) is 0 Å². The summed E-state index contributed by atoms with van der Waals surface area (Å²) in [5.74, 6) is -0.0301. The third kappa shape index (κ3) is 2.87. The third-order valence-electron chi connectivity index (χ3n) is 2.77. The van der Waals surface area contributed by atoms with Gasteiger partial charge in [0.25, 0.3) is 5.88 Å². The predicted octanol–water partition coefficient (Wildman–Crippen LogP) is 0.0839. The Morgan fingerprint density at radius 1 is 1.63 bits per heavy atom. The highest BCUT2D eigenvalue weighted by Crippen LogP contribution is 2.30. The van der Waals surface area contributed by atoms with Gasteiger partial charge >= 0.3 is 5.69 Å². The Balaban J connectivity index is 2.11. The molecule has 9 nitrogen and oxygen atoms in total. The van der Waals surface area contributed by atoms with E-state index in [1.54, 1.807) is 0 Å². The summed E-state index contributed by atoms with van der Waals surface area (Å²) in [5.41, 5.74) is -0.311. The summed E-state index contributed by atoms with van der Waals surface area (Å²) in [5, 5.41) is 16.6. The number of amides is 1. The van der Waals surface area contributed by atoms with Gasteiger partial charge in [0.2, 0.25) is 11.7 Å². The Hall–Kier alpha value is -2.45. The van der Waals surface area contributed by atoms with Gasteiger partial charge in [-0.3, -0.25) is 14.9 Å². The largest absolute Gasteiger partial charge is 0.476 e. The molecule has 1 aromatic heterocycles. The van der Waals surface area contributed by atoms with Crippen LogP contribution in [0.5, 0.6) is 5.88 Å². The van der Waals surface area contributed by atoms with Crippen molar-refractivity contribution in [1.29, 1.82) is 0 Å². The van der Waals surface area contributed by atoms with Crippen LogP contribution in [0.4, 0.5) is 11.5 Å². The maximum atomic E-state index is 11.0. The summed E-state index contributed by atoms with van der Waals surface area (Å²) in [6.07, 6.45) is 2.35. The van der Waals surface area contributed by atoms with Crippen molar-refractivity contribution < 1.29 is 14.5 Å². The topological polar surface area (TPSA) is 119 Å². The van der Waals surface area contributed by atoms with Crippen molar-refractivity contribution in [3.8, 4) is 5.88 Å². The zero-order valence-corrected chi connectivity index (χ0v) is 10.3. The molecule has 1 aliphatic rings. The molecular weight excluding hydrogens is 254 g/mol.